The Hall–Kier alpha value is -0.0800. The summed E-state index contributed by atoms with van der Waals surface area (Å²) in [5.74, 6) is 0.647. The van der Waals surface area contributed by atoms with E-state index < -0.39 is 0 Å². The van der Waals surface area contributed by atoms with Crippen molar-refractivity contribution in [1.82, 2.24) is 5.73 Å². The maximum Gasteiger partial charge on any atom is 0.0845 e. The van der Waals surface area contributed by atoms with Gasteiger partial charge in [-0.05, 0) is 25.2 Å². The molecule has 2 rings (SSSR count). The number of rotatable bonds is 1. The van der Waals surface area contributed by atoms with Crippen LogP contribution >= 0.6 is 0 Å². The quantitative estimate of drug-likeness (QED) is 0.479. The molecule has 1 saturated heterocycles. The summed E-state index contributed by atoms with van der Waals surface area (Å²) in [6.45, 7) is 0.604. The zero-order valence-corrected chi connectivity index (χ0v) is 5.47. The number of hydrogen-bond donors (Lipinski definition) is 0. The number of nitrogens with one attached hydrogen (secondary N) is 1. The summed E-state index contributed by atoms with van der Waals surface area (Å²) in [5, 5.41) is 0. The van der Waals surface area contributed by atoms with Gasteiger partial charge in [-0.1, -0.05) is 0 Å². The summed E-state index contributed by atoms with van der Waals surface area (Å²) in [6, 6.07) is 0. The van der Waals surface area contributed by atoms with Crippen LogP contribution in [0.3, 0.4) is 0 Å². The summed E-state index contributed by atoms with van der Waals surface area (Å²) in [6.07, 6.45) is 4.77. The summed E-state index contributed by atoms with van der Waals surface area (Å²) >= 11 is 0. The summed E-state index contributed by atoms with van der Waals surface area (Å²) in [4.78, 5) is 0. The molecule has 0 bridgehead atoms. The van der Waals surface area contributed by atoms with E-state index >= 15 is 0 Å². The first-order valence-electron chi connectivity index (χ1n) is 3.70. The van der Waals surface area contributed by atoms with E-state index in [0.717, 1.165) is 6.42 Å². The van der Waals surface area contributed by atoms with Gasteiger partial charge in [-0.3, -0.25) is 5.73 Å². The third-order valence-electron chi connectivity index (χ3n) is 2.40. The minimum Gasteiger partial charge on any atom is -0.370 e. The molecule has 0 spiro atoms. The molecule has 1 N–H and O–H groups in total. The Balaban J connectivity index is 1.86. The van der Waals surface area contributed by atoms with Crippen molar-refractivity contribution in [3.05, 3.63) is 0 Å². The van der Waals surface area contributed by atoms with E-state index in [-0.39, 0.29) is 0 Å². The van der Waals surface area contributed by atoms with Crippen molar-refractivity contribution in [3.63, 3.8) is 0 Å². The van der Waals surface area contributed by atoms with Gasteiger partial charge >= 0.3 is 0 Å². The Kier molecular flexibility index (Phi) is 1.24. The highest BCUT2D eigenvalue weighted by Crippen LogP contribution is 2.38. The van der Waals surface area contributed by atoms with E-state index in [2.05, 4.69) is 0 Å². The smallest absolute Gasteiger partial charge is 0.0845 e. The molecule has 2 aliphatic rings. The van der Waals surface area contributed by atoms with Gasteiger partial charge in [0.25, 0.3) is 0 Å². The molecule has 1 heterocycles. The lowest BCUT2D eigenvalue weighted by Gasteiger charge is -2.14. The Morgan fingerprint density at radius 2 is 2.22 bits per heavy atom. The van der Waals surface area contributed by atoms with Crippen LogP contribution < -0.4 is 5.73 Å². The molecule has 2 heteroatoms. The van der Waals surface area contributed by atoms with Crippen molar-refractivity contribution in [2.75, 3.05) is 6.54 Å². The summed E-state index contributed by atoms with van der Waals surface area (Å²) in [7, 11) is 0. The fourth-order valence-corrected chi connectivity index (χ4v) is 1.67. The first-order chi connectivity index (χ1) is 4.40. The zero-order chi connectivity index (χ0) is 6.27. The fourth-order valence-electron chi connectivity index (χ4n) is 1.67. The molecule has 1 saturated carbocycles. The Morgan fingerprint density at radius 1 is 1.33 bits per heavy atom. The number of ether oxygens (including phenoxy) is 1. The van der Waals surface area contributed by atoms with Gasteiger partial charge in [0.05, 0.1) is 12.2 Å². The van der Waals surface area contributed by atoms with Crippen LogP contribution in [-0.4, -0.2) is 18.8 Å². The summed E-state index contributed by atoms with van der Waals surface area (Å²) < 4.78 is 5.33. The molecule has 1 aliphatic carbocycles. The first-order valence-corrected chi connectivity index (χ1v) is 3.70. The van der Waals surface area contributed by atoms with E-state index in [1.165, 1.54) is 12.8 Å². The lowest BCUT2D eigenvalue weighted by Crippen LogP contribution is -2.16. The maximum absolute atomic E-state index is 7.15. The molecular weight excluding hydrogens is 114 g/mol. The van der Waals surface area contributed by atoms with E-state index in [4.69, 9.17) is 10.5 Å². The molecule has 1 radical (unpaired) electrons. The largest absolute Gasteiger partial charge is 0.370 e. The van der Waals surface area contributed by atoms with Crippen molar-refractivity contribution >= 4 is 0 Å². The third kappa shape index (κ3) is 0.970. The number of epoxide rings is 1. The third-order valence-corrected chi connectivity index (χ3v) is 2.40. The van der Waals surface area contributed by atoms with Crippen LogP contribution in [0.5, 0.6) is 0 Å². The van der Waals surface area contributed by atoms with Crippen LogP contribution in [-0.2, 0) is 4.74 Å². The zero-order valence-electron chi connectivity index (χ0n) is 5.47. The highest BCUT2D eigenvalue weighted by Gasteiger charge is 2.43. The van der Waals surface area contributed by atoms with Crippen molar-refractivity contribution in [3.8, 4) is 0 Å². The SMILES string of the molecule is [NH]CC1CCC2OC2C1. The van der Waals surface area contributed by atoms with E-state index in [0.29, 0.717) is 24.7 Å². The monoisotopic (exact) mass is 126 g/mol. The first kappa shape index (κ1) is 5.69. The Bertz CT molecular complexity index is 115. The molecular formula is C7H12NO. The maximum atomic E-state index is 7.15. The van der Waals surface area contributed by atoms with Crippen LogP contribution in [0.25, 0.3) is 0 Å². The predicted octanol–water partition coefficient (Wildman–Crippen LogP) is 0.837. The molecule has 51 valence electrons. The van der Waals surface area contributed by atoms with Gasteiger partial charge in [-0.2, -0.15) is 0 Å². The molecule has 0 aromatic heterocycles. The lowest BCUT2D eigenvalue weighted by molar-refractivity contribution is 0.362. The van der Waals surface area contributed by atoms with E-state index in [1.54, 1.807) is 0 Å². The molecule has 0 amide bonds. The molecule has 0 aromatic rings. The molecule has 3 atom stereocenters. The number of hydrogen-bond acceptors (Lipinski definition) is 1. The molecule has 2 nitrogen and oxygen atoms in total. The highest BCUT2D eigenvalue weighted by molar-refractivity contribution is 4.91. The van der Waals surface area contributed by atoms with Gasteiger partial charge < -0.3 is 4.74 Å². The van der Waals surface area contributed by atoms with Crippen molar-refractivity contribution in [2.24, 2.45) is 5.92 Å². The van der Waals surface area contributed by atoms with Gasteiger partial charge in [-0.25, -0.2) is 0 Å². The van der Waals surface area contributed by atoms with Crippen LogP contribution in [0, 0.1) is 5.92 Å². The van der Waals surface area contributed by atoms with Crippen LogP contribution in [0.2, 0.25) is 0 Å². The second-order valence-corrected chi connectivity index (χ2v) is 3.10. The van der Waals surface area contributed by atoms with Crippen LogP contribution in [0.15, 0.2) is 0 Å². The van der Waals surface area contributed by atoms with Crippen LogP contribution in [0.4, 0.5) is 0 Å². The van der Waals surface area contributed by atoms with Crippen LogP contribution in [0.1, 0.15) is 19.3 Å². The highest BCUT2D eigenvalue weighted by atomic mass is 16.6. The average molecular weight is 126 g/mol. The number of fused-ring (bicyclic) bond motifs is 1. The van der Waals surface area contributed by atoms with Crippen molar-refractivity contribution in [1.29, 1.82) is 0 Å². The standard InChI is InChI=1S/C7H12NO/c8-4-5-1-2-6-7(3-5)9-6/h5-8H,1-4H2. The van der Waals surface area contributed by atoms with E-state index in [9.17, 15) is 0 Å². The van der Waals surface area contributed by atoms with E-state index in [1.807, 2.05) is 0 Å². The summed E-state index contributed by atoms with van der Waals surface area (Å²) in [5.41, 5.74) is 7.15. The average Bonchev–Trinajstić information content (AvgIpc) is 2.64. The normalized spacial score (nSPS) is 48.3. The van der Waals surface area contributed by atoms with Gasteiger partial charge in [0.2, 0.25) is 0 Å². The molecule has 2 fully saturated rings. The molecule has 1 aliphatic heterocycles. The Morgan fingerprint density at radius 3 is 2.89 bits per heavy atom. The molecule has 3 unspecified atom stereocenters. The van der Waals surface area contributed by atoms with Crippen molar-refractivity contribution < 1.29 is 4.74 Å². The molecule has 0 aromatic carbocycles. The second-order valence-electron chi connectivity index (χ2n) is 3.10. The fraction of sp³-hybridized carbons (Fsp3) is 1.00. The Labute approximate surface area is 55.4 Å². The molecule has 9 heavy (non-hydrogen) atoms. The second kappa shape index (κ2) is 1.96. The predicted molar refractivity (Wildman–Crippen MR) is 34.0 cm³/mol. The topological polar surface area (TPSA) is 36.3 Å². The van der Waals surface area contributed by atoms with Gasteiger partial charge in [-0.15, -0.1) is 0 Å². The minimum atomic E-state index is 0.564. The lowest BCUT2D eigenvalue weighted by atomic mass is 9.90. The van der Waals surface area contributed by atoms with Gasteiger partial charge in [0.1, 0.15) is 0 Å². The van der Waals surface area contributed by atoms with Gasteiger partial charge in [0, 0.05) is 6.54 Å². The van der Waals surface area contributed by atoms with Gasteiger partial charge in [0.15, 0.2) is 0 Å². The van der Waals surface area contributed by atoms with Crippen molar-refractivity contribution in [2.45, 2.75) is 31.5 Å². The minimum absolute atomic E-state index is 0.564.